The van der Waals surface area contributed by atoms with Crippen molar-refractivity contribution in [2.45, 2.75) is 25.9 Å². The van der Waals surface area contributed by atoms with E-state index in [9.17, 15) is 9.18 Å². The van der Waals surface area contributed by atoms with Crippen molar-refractivity contribution in [1.82, 2.24) is 9.47 Å². The van der Waals surface area contributed by atoms with Crippen LogP contribution in [-0.2, 0) is 13.0 Å². The largest absolute Gasteiger partial charge is 0.348 e. The topological polar surface area (TPSA) is 37.3 Å². The molecule has 5 heteroatoms. The van der Waals surface area contributed by atoms with Crippen LogP contribution in [0.3, 0.4) is 0 Å². The lowest BCUT2D eigenvalue weighted by Gasteiger charge is -2.37. The highest BCUT2D eigenvalue weighted by Crippen LogP contribution is 2.33. The summed E-state index contributed by atoms with van der Waals surface area (Å²) in [5.74, 6) is -0.298. The number of aryl methyl sites for hydroxylation is 1. The minimum atomic E-state index is -0.321. The van der Waals surface area contributed by atoms with Gasteiger partial charge in [-0.2, -0.15) is 0 Å². The van der Waals surface area contributed by atoms with Crippen molar-refractivity contribution in [3.05, 3.63) is 89.5 Å². The van der Waals surface area contributed by atoms with Crippen molar-refractivity contribution >= 4 is 11.7 Å². The Morgan fingerprint density at radius 2 is 1.96 bits per heavy atom. The number of benzene rings is 2. The fourth-order valence-corrected chi connectivity index (χ4v) is 3.77. The highest BCUT2D eigenvalue weighted by Gasteiger charge is 2.32. The predicted molar refractivity (Wildman–Crippen MR) is 104 cm³/mol. The van der Waals surface area contributed by atoms with E-state index in [-0.39, 0.29) is 17.9 Å². The lowest BCUT2D eigenvalue weighted by Crippen LogP contribution is -2.44. The number of nitrogens with one attached hydrogen (secondary N) is 1. The minimum absolute atomic E-state index is 0.169. The van der Waals surface area contributed by atoms with Crippen molar-refractivity contribution in [3.8, 4) is 0 Å². The van der Waals surface area contributed by atoms with Crippen LogP contribution in [0.15, 0.2) is 66.9 Å². The molecule has 0 saturated carbocycles. The van der Waals surface area contributed by atoms with E-state index in [1.54, 1.807) is 11.0 Å². The maximum atomic E-state index is 13.9. The van der Waals surface area contributed by atoms with Crippen LogP contribution in [0, 0.1) is 5.82 Å². The molecule has 4 rings (SSSR count). The fraction of sp³-hybridized carbons (Fsp3) is 0.227. The second-order valence-electron chi connectivity index (χ2n) is 6.72. The third-order valence-corrected chi connectivity index (χ3v) is 5.10. The first-order valence-corrected chi connectivity index (χ1v) is 9.23. The Labute approximate surface area is 158 Å². The lowest BCUT2D eigenvalue weighted by molar-refractivity contribution is 0.181. The molecule has 0 aliphatic carbocycles. The van der Waals surface area contributed by atoms with Crippen molar-refractivity contribution < 1.29 is 9.18 Å². The fourth-order valence-electron chi connectivity index (χ4n) is 3.77. The molecule has 2 heterocycles. The smallest absolute Gasteiger partial charge is 0.322 e. The second kappa shape index (κ2) is 7.27. The zero-order valence-electron chi connectivity index (χ0n) is 15.2. The van der Waals surface area contributed by atoms with Gasteiger partial charge in [0, 0.05) is 30.7 Å². The van der Waals surface area contributed by atoms with E-state index in [4.69, 9.17) is 0 Å². The molecule has 1 aliphatic heterocycles. The van der Waals surface area contributed by atoms with Crippen LogP contribution < -0.4 is 5.32 Å². The summed E-state index contributed by atoms with van der Waals surface area (Å²) in [5, 5.41) is 3.05. The molecule has 27 heavy (non-hydrogen) atoms. The van der Waals surface area contributed by atoms with E-state index in [0.29, 0.717) is 6.54 Å². The van der Waals surface area contributed by atoms with E-state index in [0.717, 1.165) is 35.5 Å². The molecule has 1 aromatic heterocycles. The van der Waals surface area contributed by atoms with Gasteiger partial charge in [0.15, 0.2) is 0 Å². The molecule has 0 spiro atoms. The molecule has 2 aromatic carbocycles. The zero-order valence-corrected chi connectivity index (χ0v) is 15.2. The summed E-state index contributed by atoms with van der Waals surface area (Å²) < 4.78 is 16.0. The second-order valence-corrected chi connectivity index (χ2v) is 6.72. The first-order valence-electron chi connectivity index (χ1n) is 9.23. The third kappa shape index (κ3) is 3.33. The Kier molecular flexibility index (Phi) is 4.67. The monoisotopic (exact) mass is 363 g/mol. The molecular formula is C22H22FN3O. The number of nitrogens with zero attached hydrogens (tertiary/aromatic N) is 2. The summed E-state index contributed by atoms with van der Waals surface area (Å²) in [6.07, 6.45) is 2.84. The highest BCUT2D eigenvalue weighted by atomic mass is 19.1. The van der Waals surface area contributed by atoms with Crippen molar-refractivity contribution in [2.24, 2.45) is 0 Å². The molecule has 1 atom stereocenters. The highest BCUT2D eigenvalue weighted by molar-refractivity contribution is 5.90. The van der Waals surface area contributed by atoms with Gasteiger partial charge in [-0.1, -0.05) is 37.3 Å². The normalized spacial score (nSPS) is 16.1. The molecule has 0 unspecified atom stereocenters. The van der Waals surface area contributed by atoms with Gasteiger partial charge < -0.3 is 14.8 Å². The van der Waals surface area contributed by atoms with E-state index in [1.165, 1.54) is 12.1 Å². The van der Waals surface area contributed by atoms with E-state index in [2.05, 4.69) is 16.8 Å². The average Bonchev–Trinajstić information content (AvgIpc) is 3.16. The summed E-state index contributed by atoms with van der Waals surface area (Å²) in [6.45, 7) is 3.34. The quantitative estimate of drug-likeness (QED) is 0.711. The molecule has 0 bridgehead atoms. The van der Waals surface area contributed by atoms with Crippen LogP contribution >= 0.6 is 0 Å². The number of urea groups is 1. The maximum absolute atomic E-state index is 13.9. The maximum Gasteiger partial charge on any atom is 0.322 e. The van der Waals surface area contributed by atoms with Gasteiger partial charge in [-0.25, -0.2) is 9.18 Å². The van der Waals surface area contributed by atoms with Gasteiger partial charge in [0.2, 0.25) is 0 Å². The number of anilines is 1. The molecule has 1 aliphatic rings. The first kappa shape index (κ1) is 17.3. The Morgan fingerprint density at radius 1 is 1.11 bits per heavy atom. The summed E-state index contributed by atoms with van der Waals surface area (Å²) in [4.78, 5) is 14.9. The minimum Gasteiger partial charge on any atom is -0.348 e. The number of amides is 2. The van der Waals surface area contributed by atoms with Gasteiger partial charge in [-0.05, 0) is 47.9 Å². The van der Waals surface area contributed by atoms with Gasteiger partial charge in [-0.15, -0.1) is 0 Å². The van der Waals surface area contributed by atoms with Crippen molar-refractivity contribution in [2.75, 3.05) is 11.9 Å². The molecular weight excluding hydrogens is 341 g/mol. The van der Waals surface area contributed by atoms with Gasteiger partial charge in [0.05, 0.1) is 6.04 Å². The molecule has 0 fully saturated rings. The van der Waals surface area contributed by atoms with Gasteiger partial charge in [-0.3, -0.25) is 0 Å². The number of para-hydroxylation sites is 1. The summed E-state index contributed by atoms with van der Waals surface area (Å²) in [7, 11) is 0. The molecule has 1 N–H and O–H groups in total. The Balaban J connectivity index is 1.69. The first-order chi connectivity index (χ1) is 13.2. The van der Waals surface area contributed by atoms with Crippen LogP contribution in [0.25, 0.3) is 0 Å². The number of rotatable bonds is 3. The Morgan fingerprint density at radius 3 is 2.78 bits per heavy atom. The van der Waals surface area contributed by atoms with Gasteiger partial charge in [0.25, 0.3) is 0 Å². The molecule has 4 nitrogen and oxygen atoms in total. The molecule has 2 amide bonds. The predicted octanol–water partition coefficient (Wildman–Crippen LogP) is 4.83. The van der Waals surface area contributed by atoms with Crippen LogP contribution in [0.4, 0.5) is 14.9 Å². The van der Waals surface area contributed by atoms with Gasteiger partial charge >= 0.3 is 6.03 Å². The number of carbonyl (C=O) groups is 1. The molecule has 0 radical (unpaired) electrons. The van der Waals surface area contributed by atoms with Gasteiger partial charge in [0.1, 0.15) is 5.82 Å². The SMILES string of the molecule is CCc1ccccc1NC(=O)N1CCn2cccc2[C@H]1c1cccc(F)c1. The summed E-state index contributed by atoms with van der Waals surface area (Å²) >= 11 is 0. The summed E-state index contributed by atoms with van der Waals surface area (Å²) in [5.41, 5.74) is 3.68. The van der Waals surface area contributed by atoms with E-state index in [1.807, 2.05) is 48.7 Å². The standard InChI is InChI=1S/C22H22FN3O/c1-2-16-7-3-4-10-19(16)24-22(27)26-14-13-25-12-6-11-20(25)21(26)17-8-5-9-18(23)15-17/h3-12,15,21H,2,13-14H2,1H3,(H,24,27)/t21-/m1/s1. The van der Waals surface area contributed by atoms with E-state index < -0.39 is 0 Å². The summed E-state index contributed by atoms with van der Waals surface area (Å²) in [6, 6.07) is 17.8. The Bertz CT molecular complexity index is 965. The van der Waals surface area contributed by atoms with Crippen LogP contribution in [0.1, 0.15) is 29.8 Å². The Hall–Kier alpha value is -3.08. The number of carbonyl (C=O) groups excluding carboxylic acids is 1. The zero-order chi connectivity index (χ0) is 18.8. The number of fused-ring (bicyclic) bond motifs is 1. The van der Waals surface area contributed by atoms with Crippen molar-refractivity contribution in [1.29, 1.82) is 0 Å². The third-order valence-electron chi connectivity index (χ3n) is 5.10. The lowest BCUT2D eigenvalue weighted by atomic mass is 10.00. The number of hydrogen-bond acceptors (Lipinski definition) is 1. The van der Waals surface area contributed by atoms with Crippen molar-refractivity contribution in [3.63, 3.8) is 0 Å². The van der Waals surface area contributed by atoms with Crippen LogP contribution in [-0.4, -0.2) is 22.0 Å². The van der Waals surface area contributed by atoms with Crippen LogP contribution in [0.5, 0.6) is 0 Å². The molecule has 138 valence electrons. The average molecular weight is 363 g/mol. The van der Waals surface area contributed by atoms with Crippen LogP contribution in [0.2, 0.25) is 0 Å². The van der Waals surface area contributed by atoms with E-state index >= 15 is 0 Å². The molecule has 3 aromatic rings. The number of hydrogen-bond donors (Lipinski definition) is 1. The number of halogens is 1. The number of aromatic nitrogens is 1. The molecule has 0 saturated heterocycles.